The first-order chi connectivity index (χ1) is 10.4. The van der Waals surface area contributed by atoms with Crippen LogP contribution in [0.25, 0.3) is 11.0 Å². The Labute approximate surface area is 127 Å². The molecule has 1 aliphatic carbocycles. The second-order valence-electron chi connectivity index (χ2n) is 5.82. The molecule has 116 valence electrons. The minimum atomic E-state index is -0.994. The van der Waals surface area contributed by atoms with Crippen molar-refractivity contribution in [2.45, 2.75) is 45.7 Å². The summed E-state index contributed by atoms with van der Waals surface area (Å²) in [6.07, 6.45) is 1.70. The molecule has 0 bridgehead atoms. The summed E-state index contributed by atoms with van der Waals surface area (Å²) in [5.41, 5.74) is 2.39. The molecule has 1 atom stereocenters. The first kappa shape index (κ1) is 14.5. The van der Waals surface area contributed by atoms with E-state index in [9.17, 15) is 14.7 Å². The zero-order valence-electron chi connectivity index (χ0n) is 12.8. The van der Waals surface area contributed by atoms with Gasteiger partial charge in [-0.1, -0.05) is 0 Å². The van der Waals surface area contributed by atoms with Crippen LogP contribution in [0.5, 0.6) is 0 Å². The molecule has 3 rings (SSSR count). The fraction of sp³-hybridized carbons (Fsp3) is 0.467. The Morgan fingerprint density at radius 3 is 2.68 bits per heavy atom. The van der Waals surface area contributed by atoms with Crippen LogP contribution in [-0.2, 0) is 4.79 Å². The highest BCUT2D eigenvalue weighted by Gasteiger charge is 2.39. The van der Waals surface area contributed by atoms with Crippen LogP contribution >= 0.6 is 0 Å². The monoisotopic (exact) mass is 302 g/mol. The number of rotatable bonds is 4. The molecule has 0 spiro atoms. The SMILES string of the molecule is Cc1cc(C(=O)N(C2CC2)C(C)C(=O)O)c2c(C)[nH]nc2n1. The predicted molar refractivity (Wildman–Crippen MR) is 79.7 cm³/mol. The predicted octanol–water partition coefficient (Wildman–Crippen LogP) is 1.65. The number of hydrogen-bond acceptors (Lipinski definition) is 4. The number of carbonyl (C=O) groups excluding carboxylic acids is 1. The highest BCUT2D eigenvalue weighted by molar-refractivity contribution is 6.07. The van der Waals surface area contributed by atoms with Crippen molar-refractivity contribution in [1.29, 1.82) is 0 Å². The number of carbonyl (C=O) groups is 2. The van der Waals surface area contributed by atoms with Crippen molar-refractivity contribution in [2.75, 3.05) is 0 Å². The second kappa shape index (κ2) is 5.08. The van der Waals surface area contributed by atoms with Crippen LogP contribution in [-0.4, -0.2) is 49.1 Å². The zero-order chi connectivity index (χ0) is 16.0. The van der Waals surface area contributed by atoms with Gasteiger partial charge in [0.15, 0.2) is 5.65 Å². The third-order valence-electron chi connectivity index (χ3n) is 4.01. The van der Waals surface area contributed by atoms with E-state index in [0.717, 1.165) is 18.5 Å². The van der Waals surface area contributed by atoms with Crippen molar-refractivity contribution in [3.05, 3.63) is 23.0 Å². The minimum Gasteiger partial charge on any atom is -0.480 e. The van der Waals surface area contributed by atoms with Gasteiger partial charge in [-0.25, -0.2) is 9.78 Å². The molecule has 2 N–H and O–H groups in total. The first-order valence-electron chi connectivity index (χ1n) is 7.28. The van der Waals surface area contributed by atoms with Crippen LogP contribution in [0.2, 0.25) is 0 Å². The van der Waals surface area contributed by atoms with E-state index in [4.69, 9.17) is 0 Å². The average Bonchev–Trinajstić information content (AvgIpc) is 3.22. The Hall–Kier alpha value is -2.44. The molecule has 2 aromatic heterocycles. The Bertz CT molecular complexity index is 763. The summed E-state index contributed by atoms with van der Waals surface area (Å²) in [6, 6.07) is 0.863. The Morgan fingerprint density at radius 1 is 1.41 bits per heavy atom. The van der Waals surface area contributed by atoms with Gasteiger partial charge in [0, 0.05) is 17.4 Å². The Balaban J connectivity index is 2.10. The van der Waals surface area contributed by atoms with Crippen LogP contribution in [0.3, 0.4) is 0 Å². The number of pyridine rings is 1. The van der Waals surface area contributed by atoms with Gasteiger partial charge < -0.3 is 10.0 Å². The van der Waals surface area contributed by atoms with E-state index >= 15 is 0 Å². The van der Waals surface area contributed by atoms with Gasteiger partial charge >= 0.3 is 5.97 Å². The van der Waals surface area contributed by atoms with Gasteiger partial charge in [-0.05, 0) is 39.7 Å². The van der Waals surface area contributed by atoms with Gasteiger partial charge in [-0.3, -0.25) is 9.89 Å². The topological polar surface area (TPSA) is 99.2 Å². The number of carboxylic acid groups (broad SMARTS) is 1. The van der Waals surface area contributed by atoms with Crippen molar-refractivity contribution >= 4 is 22.9 Å². The van der Waals surface area contributed by atoms with E-state index in [1.54, 1.807) is 19.9 Å². The number of aliphatic carboxylic acids is 1. The zero-order valence-corrected chi connectivity index (χ0v) is 12.8. The fourth-order valence-electron chi connectivity index (χ4n) is 2.74. The fourth-order valence-corrected chi connectivity index (χ4v) is 2.74. The molecule has 2 aromatic rings. The van der Waals surface area contributed by atoms with Crippen LogP contribution in [0.15, 0.2) is 6.07 Å². The summed E-state index contributed by atoms with van der Waals surface area (Å²) < 4.78 is 0. The number of aromatic amines is 1. The highest BCUT2D eigenvalue weighted by Crippen LogP contribution is 2.32. The van der Waals surface area contributed by atoms with Gasteiger partial charge in [0.05, 0.1) is 10.9 Å². The van der Waals surface area contributed by atoms with Crippen molar-refractivity contribution in [3.8, 4) is 0 Å². The number of H-pyrrole nitrogens is 1. The number of carboxylic acids is 1. The lowest BCUT2D eigenvalue weighted by Crippen LogP contribution is -2.44. The number of amides is 1. The van der Waals surface area contributed by atoms with Gasteiger partial charge in [-0.2, -0.15) is 5.10 Å². The molecule has 1 unspecified atom stereocenters. The van der Waals surface area contributed by atoms with Crippen molar-refractivity contribution in [1.82, 2.24) is 20.1 Å². The normalized spacial score (nSPS) is 15.8. The van der Waals surface area contributed by atoms with E-state index in [0.29, 0.717) is 22.3 Å². The van der Waals surface area contributed by atoms with E-state index in [1.807, 2.05) is 6.92 Å². The quantitative estimate of drug-likeness (QED) is 0.894. The molecular formula is C15H18N4O3. The lowest BCUT2D eigenvalue weighted by molar-refractivity contribution is -0.141. The molecular weight excluding hydrogens is 284 g/mol. The van der Waals surface area contributed by atoms with Gasteiger partial charge in [0.1, 0.15) is 6.04 Å². The average molecular weight is 302 g/mol. The van der Waals surface area contributed by atoms with Gasteiger partial charge in [0.25, 0.3) is 5.91 Å². The molecule has 1 aliphatic rings. The molecule has 1 fully saturated rings. The van der Waals surface area contributed by atoms with Crippen molar-refractivity contribution < 1.29 is 14.7 Å². The summed E-state index contributed by atoms with van der Waals surface area (Å²) in [4.78, 5) is 30.1. The third kappa shape index (κ3) is 2.32. The molecule has 7 nitrogen and oxygen atoms in total. The highest BCUT2D eigenvalue weighted by atomic mass is 16.4. The number of fused-ring (bicyclic) bond motifs is 1. The maximum atomic E-state index is 13.0. The summed E-state index contributed by atoms with van der Waals surface area (Å²) in [5.74, 6) is -1.26. The minimum absolute atomic E-state index is 0.00864. The maximum Gasteiger partial charge on any atom is 0.326 e. The Kier molecular flexibility index (Phi) is 3.35. The van der Waals surface area contributed by atoms with Crippen LogP contribution in [0.1, 0.15) is 41.5 Å². The molecule has 1 amide bonds. The molecule has 1 saturated carbocycles. The standard InChI is InChI=1S/C15H18N4O3/c1-7-6-11(12-8(2)17-18-13(12)16-7)14(20)19(10-4-5-10)9(3)15(21)22/h6,9-10H,4-5H2,1-3H3,(H,21,22)(H,16,17,18). The van der Waals surface area contributed by atoms with Crippen LogP contribution in [0, 0.1) is 13.8 Å². The molecule has 7 heteroatoms. The number of hydrogen-bond donors (Lipinski definition) is 2. The maximum absolute atomic E-state index is 13.0. The number of nitrogens with one attached hydrogen (secondary N) is 1. The molecule has 2 heterocycles. The lowest BCUT2D eigenvalue weighted by Gasteiger charge is -2.27. The number of nitrogens with zero attached hydrogens (tertiary/aromatic N) is 3. The first-order valence-corrected chi connectivity index (χ1v) is 7.28. The van der Waals surface area contributed by atoms with Crippen LogP contribution < -0.4 is 0 Å². The van der Waals surface area contributed by atoms with E-state index in [1.165, 1.54) is 4.90 Å². The van der Waals surface area contributed by atoms with E-state index in [-0.39, 0.29) is 11.9 Å². The second-order valence-corrected chi connectivity index (χ2v) is 5.82. The summed E-state index contributed by atoms with van der Waals surface area (Å²) in [7, 11) is 0. The molecule has 0 aromatic carbocycles. The summed E-state index contributed by atoms with van der Waals surface area (Å²) in [6.45, 7) is 5.17. The van der Waals surface area contributed by atoms with Crippen LogP contribution in [0.4, 0.5) is 0 Å². The largest absolute Gasteiger partial charge is 0.480 e. The van der Waals surface area contributed by atoms with Gasteiger partial charge in [-0.15, -0.1) is 0 Å². The third-order valence-corrected chi connectivity index (χ3v) is 4.01. The van der Waals surface area contributed by atoms with E-state index < -0.39 is 12.0 Å². The van der Waals surface area contributed by atoms with Crippen molar-refractivity contribution in [3.63, 3.8) is 0 Å². The molecule has 0 aliphatic heterocycles. The Morgan fingerprint density at radius 2 is 2.09 bits per heavy atom. The summed E-state index contributed by atoms with van der Waals surface area (Å²) in [5, 5.41) is 16.9. The number of aromatic nitrogens is 3. The molecule has 0 saturated heterocycles. The number of aryl methyl sites for hydroxylation is 2. The van der Waals surface area contributed by atoms with E-state index in [2.05, 4.69) is 15.2 Å². The smallest absolute Gasteiger partial charge is 0.326 e. The molecule has 22 heavy (non-hydrogen) atoms. The summed E-state index contributed by atoms with van der Waals surface area (Å²) >= 11 is 0. The van der Waals surface area contributed by atoms with Crippen molar-refractivity contribution in [2.24, 2.45) is 0 Å². The van der Waals surface area contributed by atoms with Gasteiger partial charge in [0.2, 0.25) is 0 Å². The molecule has 0 radical (unpaired) electrons. The lowest BCUT2D eigenvalue weighted by atomic mass is 10.1.